The SMILES string of the molecule is C#CCNC(=O)C(C)NCCCc1ccccc1. The highest BCUT2D eigenvalue weighted by Gasteiger charge is 2.09. The zero-order valence-corrected chi connectivity index (χ0v) is 10.8. The van der Waals surface area contributed by atoms with Crippen molar-refractivity contribution in [2.45, 2.75) is 25.8 Å². The Morgan fingerprint density at radius 2 is 2.11 bits per heavy atom. The van der Waals surface area contributed by atoms with Gasteiger partial charge in [-0.1, -0.05) is 36.3 Å². The van der Waals surface area contributed by atoms with Gasteiger partial charge in [0.1, 0.15) is 0 Å². The van der Waals surface area contributed by atoms with Crippen molar-refractivity contribution in [3.8, 4) is 12.3 Å². The molecule has 1 unspecified atom stereocenters. The van der Waals surface area contributed by atoms with E-state index in [4.69, 9.17) is 6.42 Å². The summed E-state index contributed by atoms with van der Waals surface area (Å²) in [6.07, 6.45) is 7.11. The summed E-state index contributed by atoms with van der Waals surface area (Å²) >= 11 is 0. The van der Waals surface area contributed by atoms with Gasteiger partial charge < -0.3 is 10.6 Å². The quantitative estimate of drug-likeness (QED) is 0.561. The number of terminal acetylenes is 1. The molecule has 1 aromatic rings. The average molecular weight is 244 g/mol. The third-order valence-corrected chi connectivity index (χ3v) is 2.69. The van der Waals surface area contributed by atoms with Crippen molar-refractivity contribution in [1.29, 1.82) is 0 Å². The summed E-state index contributed by atoms with van der Waals surface area (Å²) in [7, 11) is 0. The highest BCUT2D eigenvalue weighted by molar-refractivity contribution is 5.81. The second kappa shape index (κ2) is 8.32. The number of nitrogens with one attached hydrogen (secondary N) is 2. The third kappa shape index (κ3) is 5.51. The first-order valence-electron chi connectivity index (χ1n) is 6.22. The van der Waals surface area contributed by atoms with Crippen LogP contribution in [-0.4, -0.2) is 25.0 Å². The number of benzene rings is 1. The molecule has 1 amide bonds. The van der Waals surface area contributed by atoms with Gasteiger partial charge in [0.25, 0.3) is 0 Å². The zero-order chi connectivity index (χ0) is 13.2. The summed E-state index contributed by atoms with van der Waals surface area (Å²) in [5, 5.41) is 5.83. The predicted molar refractivity (Wildman–Crippen MR) is 74.1 cm³/mol. The van der Waals surface area contributed by atoms with Crippen molar-refractivity contribution in [2.75, 3.05) is 13.1 Å². The molecule has 0 aliphatic heterocycles. The highest BCUT2D eigenvalue weighted by Crippen LogP contribution is 2.01. The topological polar surface area (TPSA) is 41.1 Å². The molecule has 0 bridgehead atoms. The van der Waals surface area contributed by atoms with Crippen LogP contribution < -0.4 is 10.6 Å². The van der Waals surface area contributed by atoms with Crippen LogP contribution in [0.25, 0.3) is 0 Å². The van der Waals surface area contributed by atoms with Gasteiger partial charge in [-0.3, -0.25) is 4.79 Å². The van der Waals surface area contributed by atoms with E-state index in [1.165, 1.54) is 5.56 Å². The van der Waals surface area contributed by atoms with Gasteiger partial charge >= 0.3 is 0 Å². The Morgan fingerprint density at radius 1 is 1.39 bits per heavy atom. The fraction of sp³-hybridized carbons (Fsp3) is 0.400. The van der Waals surface area contributed by atoms with E-state index in [1.54, 1.807) is 0 Å². The first-order chi connectivity index (χ1) is 8.74. The van der Waals surface area contributed by atoms with Gasteiger partial charge in [0.05, 0.1) is 12.6 Å². The number of hydrogen-bond acceptors (Lipinski definition) is 2. The molecule has 0 saturated carbocycles. The van der Waals surface area contributed by atoms with Crippen LogP contribution in [0.2, 0.25) is 0 Å². The monoisotopic (exact) mass is 244 g/mol. The van der Waals surface area contributed by atoms with E-state index >= 15 is 0 Å². The van der Waals surface area contributed by atoms with Crippen LogP contribution in [-0.2, 0) is 11.2 Å². The first kappa shape index (κ1) is 14.3. The van der Waals surface area contributed by atoms with Gasteiger partial charge in [-0.25, -0.2) is 0 Å². The van der Waals surface area contributed by atoms with E-state index in [9.17, 15) is 4.79 Å². The van der Waals surface area contributed by atoms with Gasteiger partial charge in [0, 0.05) is 0 Å². The number of aryl methyl sites for hydroxylation is 1. The lowest BCUT2D eigenvalue weighted by Gasteiger charge is -2.12. The minimum Gasteiger partial charge on any atom is -0.344 e. The van der Waals surface area contributed by atoms with E-state index in [1.807, 2.05) is 25.1 Å². The molecule has 0 saturated heterocycles. The smallest absolute Gasteiger partial charge is 0.237 e. The van der Waals surface area contributed by atoms with Crippen LogP contribution in [0, 0.1) is 12.3 Å². The van der Waals surface area contributed by atoms with Crippen LogP contribution in [0.1, 0.15) is 18.9 Å². The predicted octanol–water partition coefficient (Wildman–Crippen LogP) is 1.35. The Kier molecular flexibility index (Phi) is 6.60. The van der Waals surface area contributed by atoms with Gasteiger partial charge in [-0.2, -0.15) is 0 Å². The molecule has 0 aliphatic carbocycles. The molecular weight excluding hydrogens is 224 g/mol. The van der Waals surface area contributed by atoms with Gasteiger partial charge in [0.2, 0.25) is 5.91 Å². The number of hydrogen-bond donors (Lipinski definition) is 2. The van der Waals surface area contributed by atoms with Crippen LogP contribution in [0.5, 0.6) is 0 Å². The summed E-state index contributed by atoms with van der Waals surface area (Å²) in [5.41, 5.74) is 1.32. The van der Waals surface area contributed by atoms with Crippen LogP contribution in [0.15, 0.2) is 30.3 Å². The molecule has 0 aliphatic rings. The van der Waals surface area contributed by atoms with Gasteiger partial charge in [-0.05, 0) is 31.9 Å². The lowest BCUT2D eigenvalue weighted by molar-refractivity contribution is -0.122. The minimum atomic E-state index is -0.200. The Morgan fingerprint density at radius 3 is 2.78 bits per heavy atom. The Labute approximate surface area is 109 Å². The molecule has 96 valence electrons. The number of carbonyl (C=O) groups is 1. The summed E-state index contributed by atoms with van der Waals surface area (Å²) in [5.74, 6) is 2.33. The van der Waals surface area contributed by atoms with Crippen molar-refractivity contribution >= 4 is 5.91 Å². The molecule has 0 fully saturated rings. The molecule has 18 heavy (non-hydrogen) atoms. The largest absolute Gasteiger partial charge is 0.344 e. The number of rotatable bonds is 7. The molecule has 1 rings (SSSR count). The summed E-state index contributed by atoms with van der Waals surface area (Å²) in [4.78, 5) is 11.5. The number of carbonyl (C=O) groups excluding carboxylic acids is 1. The lowest BCUT2D eigenvalue weighted by atomic mass is 10.1. The van der Waals surface area contributed by atoms with E-state index in [0.29, 0.717) is 0 Å². The summed E-state index contributed by atoms with van der Waals surface area (Å²) in [6, 6.07) is 10.1. The standard InChI is InChI=1S/C15H20N2O/c1-3-11-17-15(18)13(2)16-12-7-10-14-8-5-4-6-9-14/h1,4-6,8-9,13,16H,7,10-12H2,2H3,(H,17,18). The molecule has 0 spiro atoms. The summed E-state index contributed by atoms with van der Waals surface area (Å²) in [6.45, 7) is 2.95. The third-order valence-electron chi connectivity index (χ3n) is 2.69. The Bertz CT molecular complexity index is 395. The molecule has 3 nitrogen and oxygen atoms in total. The normalized spacial score (nSPS) is 11.6. The molecule has 0 aromatic heterocycles. The Balaban J connectivity index is 2.14. The van der Waals surface area contributed by atoms with Crippen LogP contribution >= 0.6 is 0 Å². The van der Waals surface area contributed by atoms with E-state index in [-0.39, 0.29) is 18.5 Å². The van der Waals surface area contributed by atoms with E-state index < -0.39 is 0 Å². The maximum Gasteiger partial charge on any atom is 0.237 e. The fourth-order valence-corrected chi connectivity index (χ4v) is 1.64. The van der Waals surface area contributed by atoms with Crippen LogP contribution in [0.3, 0.4) is 0 Å². The van der Waals surface area contributed by atoms with Gasteiger partial charge in [-0.15, -0.1) is 6.42 Å². The highest BCUT2D eigenvalue weighted by atomic mass is 16.2. The number of amides is 1. The second-order valence-corrected chi connectivity index (χ2v) is 4.19. The molecular formula is C15H20N2O. The Hall–Kier alpha value is -1.79. The maximum atomic E-state index is 11.5. The molecule has 1 atom stereocenters. The summed E-state index contributed by atoms with van der Waals surface area (Å²) < 4.78 is 0. The maximum absolute atomic E-state index is 11.5. The fourth-order valence-electron chi connectivity index (χ4n) is 1.64. The van der Waals surface area contributed by atoms with Crippen molar-refractivity contribution in [3.05, 3.63) is 35.9 Å². The van der Waals surface area contributed by atoms with Crippen molar-refractivity contribution in [2.24, 2.45) is 0 Å². The zero-order valence-electron chi connectivity index (χ0n) is 10.8. The van der Waals surface area contributed by atoms with E-state index in [0.717, 1.165) is 19.4 Å². The van der Waals surface area contributed by atoms with Crippen LogP contribution in [0.4, 0.5) is 0 Å². The average Bonchev–Trinajstić information content (AvgIpc) is 2.41. The second-order valence-electron chi connectivity index (χ2n) is 4.19. The first-order valence-corrected chi connectivity index (χ1v) is 6.22. The lowest BCUT2D eigenvalue weighted by Crippen LogP contribution is -2.42. The molecule has 0 heterocycles. The van der Waals surface area contributed by atoms with E-state index in [2.05, 4.69) is 28.7 Å². The molecule has 2 N–H and O–H groups in total. The molecule has 1 aromatic carbocycles. The minimum absolute atomic E-state index is 0.0485. The molecule has 0 radical (unpaired) electrons. The molecule has 3 heteroatoms. The van der Waals surface area contributed by atoms with Crippen molar-refractivity contribution in [3.63, 3.8) is 0 Å². The van der Waals surface area contributed by atoms with Crippen molar-refractivity contribution < 1.29 is 4.79 Å². The van der Waals surface area contributed by atoms with Gasteiger partial charge in [0.15, 0.2) is 0 Å². The van der Waals surface area contributed by atoms with Crippen molar-refractivity contribution in [1.82, 2.24) is 10.6 Å².